The summed E-state index contributed by atoms with van der Waals surface area (Å²) in [5.74, 6) is 0.0816. The number of hydrogen-bond acceptors (Lipinski definition) is 5. The lowest BCUT2D eigenvalue weighted by Crippen LogP contribution is -2.49. The van der Waals surface area contributed by atoms with Gasteiger partial charge in [-0.05, 0) is 23.3 Å². The Balaban J connectivity index is 1.33. The van der Waals surface area contributed by atoms with E-state index in [9.17, 15) is 4.79 Å². The summed E-state index contributed by atoms with van der Waals surface area (Å²) in [6, 6.07) is 14.6. The number of nitrogens with zero attached hydrogens (tertiary/aromatic N) is 3. The van der Waals surface area contributed by atoms with Crippen molar-refractivity contribution in [3.8, 4) is 0 Å². The van der Waals surface area contributed by atoms with Crippen molar-refractivity contribution in [3.05, 3.63) is 59.6 Å². The minimum atomic E-state index is -0.0137. The highest BCUT2D eigenvalue weighted by Gasteiger charge is 2.21. The summed E-state index contributed by atoms with van der Waals surface area (Å²) in [6.07, 6.45) is 1.84. The Morgan fingerprint density at radius 2 is 1.93 bits per heavy atom. The highest BCUT2D eigenvalue weighted by atomic mass is 32.1. The monoisotopic (exact) mass is 380 g/mol. The highest BCUT2D eigenvalue weighted by Crippen LogP contribution is 2.24. The molecule has 5 nitrogen and oxygen atoms in total. The van der Waals surface area contributed by atoms with E-state index < -0.39 is 0 Å². The molecule has 1 aliphatic heterocycles. The zero-order valence-corrected chi connectivity index (χ0v) is 16.3. The van der Waals surface area contributed by atoms with E-state index >= 15 is 0 Å². The van der Waals surface area contributed by atoms with Crippen LogP contribution in [0, 0.1) is 0 Å². The van der Waals surface area contributed by atoms with Crippen LogP contribution in [0.25, 0.3) is 10.8 Å². The molecule has 1 unspecified atom stereocenters. The molecule has 1 fully saturated rings. The number of piperazine rings is 1. The van der Waals surface area contributed by atoms with Crippen LogP contribution in [-0.2, 0) is 4.79 Å². The molecule has 0 bridgehead atoms. The van der Waals surface area contributed by atoms with Gasteiger partial charge in [0.1, 0.15) is 0 Å². The SMILES string of the molecule is CC(NC(=O)CN1CCN(c2nccs2)CC1)c1cccc2ccccc12. The van der Waals surface area contributed by atoms with E-state index in [1.807, 2.05) is 23.7 Å². The molecule has 1 saturated heterocycles. The number of fused-ring (bicyclic) bond motifs is 1. The summed E-state index contributed by atoms with van der Waals surface area (Å²) in [6.45, 7) is 6.10. The first kappa shape index (κ1) is 17.9. The van der Waals surface area contributed by atoms with Crippen molar-refractivity contribution >= 4 is 33.1 Å². The third-order valence-corrected chi connectivity index (χ3v) is 5.93. The van der Waals surface area contributed by atoms with Crippen LogP contribution in [0.3, 0.4) is 0 Å². The summed E-state index contributed by atoms with van der Waals surface area (Å²) >= 11 is 1.67. The number of amides is 1. The van der Waals surface area contributed by atoms with Gasteiger partial charge in [-0.3, -0.25) is 9.69 Å². The van der Waals surface area contributed by atoms with Gasteiger partial charge >= 0.3 is 0 Å². The fraction of sp³-hybridized carbons (Fsp3) is 0.333. The van der Waals surface area contributed by atoms with Crippen molar-refractivity contribution < 1.29 is 4.79 Å². The van der Waals surface area contributed by atoms with Gasteiger partial charge in [-0.25, -0.2) is 4.98 Å². The zero-order valence-electron chi connectivity index (χ0n) is 15.5. The van der Waals surface area contributed by atoms with Crippen molar-refractivity contribution in [1.82, 2.24) is 15.2 Å². The number of carbonyl (C=O) groups is 1. The van der Waals surface area contributed by atoms with Crippen LogP contribution in [0.5, 0.6) is 0 Å². The fourth-order valence-electron chi connectivity index (χ4n) is 3.67. The van der Waals surface area contributed by atoms with E-state index in [1.54, 1.807) is 11.3 Å². The molecule has 1 N–H and O–H groups in total. The Bertz CT molecular complexity index is 898. The smallest absolute Gasteiger partial charge is 0.234 e. The molecule has 4 rings (SSSR count). The predicted octanol–water partition coefficient (Wildman–Crippen LogP) is 3.30. The van der Waals surface area contributed by atoms with Crippen LogP contribution in [-0.4, -0.2) is 48.5 Å². The number of thiazole rings is 1. The number of nitrogens with one attached hydrogen (secondary N) is 1. The Kier molecular flexibility index (Phi) is 5.36. The molecule has 2 aromatic carbocycles. The minimum absolute atomic E-state index is 0.0137. The lowest BCUT2D eigenvalue weighted by Gasteiger charge is -2.34. The lowest BCUT2D eigenvalue weighted by atomic mass is 10.00. The van der Waals surface area contributed by atoms with Crippen molar-refractivity contribution in [2.75, 3.05) is 37.6 Å². The third-order valence-electron chi connectivity index (χ3n) is 5.10. The Morgan fingerprint density at radius 1 is 1.15 bits per heavy atom. The van der Waals surface area contributed by atoms with Crippen LogP contribution in [0.1, 0.15) is 18.5 Å². The first-order chi connectivity index (χ1) is 13.2. The van der Waals surface area contributed by atoms with E-state index in [-0.39, 0.29) is 11.9 Å². The minimum Gasteiger partial charge on any atom is -0.348 e. The molecule has 0 spiro atoms. The zero-order chi connectivity index (χ0) is 18.6. The summed E-state index contributed by atoms with van der Waals surface area (Å²) in [5.41, 5.74) is 1.16. The summed E-state index contributed by atoms with van der Waals surface area (Å²) in [7, 11) is 0. The van der Waals surface area contributed by atoms with Gasteiger partial charge in [-0.1, -0.05) is 42.5 Å². The predicted molar refractivity (Wildman–Crippen MR) is 111 cm³/mol. The Labute approximate surface area is 163 Å². The van der Waals surface area contributed by atoms with E-state index in [0.29, 0.717) is 6.54 Å². The number of hydrogen-bond donors (Lipinski definition) is 1. The van der Waals surface area contributed by atoms with Crippen molar-refractivity contribution in [2.45, 2.75) is 13.0 Å². The number of aromatic nitrogens is 1. The molecular formula is C21H24N4OS. The second kappa shape index (κ2) is 8.06. The molecule has 6 heteroatoms. The Hall–Kier alpha value is -2.44. The highest BCUT2D eigenvalue weighted by molar-refractivity contribution is 7.13. The topological polar surface area (TPSA) is 48.5 Å². The summed E-state index contributed by atoms with van der Waals surface area (Å²) in [5, 5.41) is 8.65. The number of benzene rings is 2. The van der Waals surface area contributed by atoms with E-state index in [2.05, 4.69) is 57.4 Å². The van der Waals surface area contributed by atoms with Gasteiger partial charge in [0.05, 0.1) is 12.6 Å². The molecule has 1 atom stereocenters. The first-order valence-corrected chi connectivity index (χ1v) is 10.2. The van der Waals surface area contributed by atoms with E-state index in [1.165, 1.54) is 10.8 Å². The number of anilines is 1. The van der Waals surface area contributed by atoms with Gasteiger partial charge in [-0.15, -0.1) is 11.3 Å². The lowest BCUT2D eigenvalue weighted by molar-refractivity contribution is -0.123. The normalized spacial score (nSPS) is 16.4. The molecule has 1 amide bonds. The van der Waals surface area contributed by atoms with Crippen LogP contribution < -0.4 is 10.2 Å². The maximum Gasteiger partial charge on any atom is 0.234 e. The van der Waals surface area contributed by atoms with Crippen LogP contribution >= 0.6 is 11.3 Å². The quantitative estimate of drug-likeness (QED) is 0.738. The van der Waals surface area contributed by atoms with Gasteiger partial charge in [0.15, 0.2) is 5.13 Å². The average Bonchev–Trinajstić information content (AvgIpc) is 3.23. The van der Waals surface area contributed by atoms with E-state index in [0.717, 1.165) is 36.9 Å². The standard InChI is InChI=1S/C21H24N4OS/c1-16(18-8-4-6-17-5-2-3-7-19(17)18)23-20(26)15-24-10-12-25(13-11-24)21-22-9-14-27-21/h2-9,14,16H,10-13,15H2,1H3,(H,23,26). The van der Waals surface area contributed by atoms with Crippen LogP contribution in [0.15, 0.2) is 54.0 Å². The molecule has 2 heterocycles. The Morgan fingerprint density at radius 3 is 2.70 bits per heavy atom. The maximum atomic E-state index is 12.6. The molecule has 1 aliphatic rings. The summed E-state index contributed by atoms with van der Waals surface area (Å²) in [4.78, 5) is 21.4. The second-order valence-corrected chi connectivity index (χ2v) is 7.81. The molecule has 0 aliphatic carbocycles. The van der Waals surface area contributed by atoms with Gasteiger partial charge in [0.2, 0.25) is 5.91 Å². The van der Waals surface area contributed by atoms with Gasteiger partial charge in [0.25, 0.3) is 0 Å². The number of carbonyl (C=O) groups excluding carboxylic acids is 1. The maximum absolute atomic E-state index is 12.6. The average molecular weight is 381 g/mol. The molecular weight excluding hydrogens is 356 g/mol. The molecule has 0 saturated carbocycles. The third kappa shape index (κ3) is 4.12. The fourth-order valence-corrected chi connectivity index (χ4v) is 4.36. The molecule has 3 aromatic rings. The summed E-state index contributed by atoms with van der Waals surface area (Å²) < 4.78 is 0. The van der Waals surface area contributed by atoms with Crippen LogP contribution in [0.4, 0.5) is 5.13 Å². The molecule has 1 aromatic heterocycles. The first-order valence-electron chi connectivity index (χ1n) is 9.34. The second-order valence-electron chi connectivity index (χ2n) is 6.94. The van der Waals surface area contributed by atoms with Gasteiger partial charge in [-0.2, -0.15) is 0 Å². The van der Waals surface area contributed by atoms with Crippen molar-refractivity contribution in [2.24, 2.45) is 0 Å². The molecule has 0 radical (unpaired) electrons. The number of rotatable bonds is 5. The van der Waals surface area contributed by atoms with E-state index in [4.69, 9.17) is 0 Å². The van der Waals surface area contributed by atoms with Crippen molar-refractivity contribution in [1.29, 1.82) is 0 Å². The van der Waals surface area contributed by atoms with Crippen molar-refractivity contribution in [3.63, 3.8) is 0 Å². The van der Waals surface area contributed by atoms with Gasteiger partial charge in [0, 0.05) is 37.8 Å². The molecule has 140 valence electrons. The largest absolute Gasteiger partial charge is 0.348 e. The van der Waals surface area contributed by atoms with Crippen LogP contribution in [0.2, 0.25) is 0 Å². The van der Waals surface area contributed by atoms with Gasteiger partial charge < -0.3 is 10.2 Å². The molecule has 27 heavy (non-hydrogen) atoms.